The molecule has 0 spiro atoms. The standard InChI is InChI=1S/C14H21N3O2/c1-9-10(2)15-16-12(11(9)13(18)19)17-7-5-14(3,4)6-8-17/h5-8H2,1-4H3,(H,18,19). The Morgan fingerprint density at radius 2 is 1.79 bits per heavy atom. The van der Waals surface area contributed by atoms with E-state index in [2.05, 4.69) is 24.0 Å². The second-order valence-electron chi connectivity index (χ2n) is 6.07. The number of carboxylic acids is 1. The average Bonchev–Trinajstić information content (AvgIpc) is 2.32. The first-order valence-electron chi connectivity index (χ1n) is 6.64. The van der Waals surface area contributed by atoms with E-state index in [4.69, 9.17) is 0 Å². The SMILES string of the molecule is Cc1nnc(N2CCC(C)(C)CC2)c(C(=O)O)c1C. The van der Waals surface area contributed by atoms with Crippen molar-refractivity contribution in [2.24, 2.45) is 5.41 Å². The minimum absolute atomic E-state index is 0.298. The third-order valence-corrected chi connectivity index (χ3v) is 4.07. The average molecular weight is 263 g/mol. The fourth-order valence-electron chi connectivity index (χ4n) is 2.40. The third-order valence-electron chi connectivity index (χ3n) is 4.07. The fraction of sp³-hybridized carbons (Fsp3) is 0.643. The molecule has 0 bridgehead atoms. The van der Waals surface area contributed by atoms with Crippen molar-refractivity contribution in [3.63, 3.8) is 0 Å². The van der Waals surface area contributed by atoms with E-state index in [-0.39, 0.29) is 0 Å². The van der Waals surface area contributed by atoms with Gasteiger partial charge in [0.25, 0.3) is 0 Å². The fourth-order valence-corrected chi connectivity index (χ4v) is 2.40. The molecule has 1 fully saturated rings. The molecule has 1 N–H and O–H groups in total. The van der Waals surface area contributed by atoms with E-state index in [0.29, 0.717) is 28.1 Å². The molecule has 0 saturated carbocycles. The van der Waals surface area contributed by atoms with Crippen LogP contribution in [0.5, 0.6) is 0 Å². The number of aromatic nitrogens is 2. The number of hydrogen-bond acceptors (Lipinski definition) is 4. The molecule has 5 heteroatoms. The summed E-state index contributed by atoms with van der Waals surface area (Å²) in [5, 5.41) is 17.6. The van der Waals surface area contributed by atoms with Crippen LogP contribution in [0.2, 0.25) is 0 Å². The molecular weight excluding hydrogens is 242 g/mol. The molecule has 0 radical (unpaired) electrons. The first-order valence-corrected chi connectivity index (χ1v) is 6.64. The lowest BCUT2D eigenvalue weighted by atomic mass is 9.82. The minimum atomic E-state index is -0.921. The highest BCUT2D eigenvalue weighted by Gasteiger charge is 2.29. The van der Waals surface area contributed by atoms with Crippen molar-refractivity contribution in [2.45, 2.75) is 40.5 Å². The molecule has 0 atom stereocenters. The molecule has 1 aromatic heterocycles. The van der Waals surface area contributed by atoms with Crippen LogP contribution in [-0.4, -0.2) is 34.4 Å². The Labute approximate surface area is 113 Å². The normalized spacial score (nSPS) is 18.4. The maximum atomic E-state index is 11.5. The van der Waals surface area contributed by atoms with Crippen LogP contribution >= 0.6 is 0 Å². The van der Waals surface area contributed by atoms with Gasteiger partial charge in [-0.05, 0) is 37.7 Å². The maximum absolute atomic E-state index is 11.5. The van der Waals surface area contributed by atoms with Gasteiger partial charge in [-0.1, -0.05) is 13.8 Å². The first-order chi connectivity index (χ1) is 8.82. The Morgan fingerprint density at radius 1 is 1.21 bits per heavy atom. The van der Waals surface area contributed by atoms with Gasteiger partial charge in [0.05, 0.1) is 5.69 Å². The van der Waals surface area contributed by atoms with E-state index >= 15 is 0 Å². The molecule has 1 saturated heterocycles. The smallest absolute Gasteiger partial charge is 0.339 e. The van der Waals surface area contributed by atoms with Crippen LogP contribution in [0.1, 0.15) is 48.3 Å². The Kier molecular flexibility index (Phi) is 3.47. The molecule has 5 nitrogen and oxygen atoms in total. The summed E-state index contributed by atoms with van der Waals surface area (Å²) in [7, 11) is 0. The van der Waals surface area contributed by atoms with Crippen LogP contribution in [-0.2, 0) is 0 Å². The third kappa shape index (κ3) is 2.69. The van der Waals surface area contributed by atoms with Gasteiger partial charge in [-0.3, -0.25) is 0 Å². The van der Waals surface area contributed by atoms with Gasteiger partial charge in [0.2, 0.25) is 0 Å². The van der Waals surface area contributed by atoms with Crippen LogP contribution < -0.4 is 4.90 Å². The Bertz CT molecular complexity index is 502. The summed E-state index contributed by atoms with van der Waals surface area (Å²) in [5.74, 6) is -0.401. The number of aryl methyl sites for hydroxylation is 1. The number of rotatable bonds is 2. The quantitative estimate of drug-likeness (QED) is 0.887. The van der Waals surface area contributed by atoms with Crippen molar-refractivity contribution in [2.75, 3.05) is 18.0 Å². The number of aromatic carboxylic acids is 1. The number of piperidine rings is 1. The Hall–Kier alpha value is -1.65. The maximum Gasteiger partial charge on any atom is 0.339 e. The molecule has 0 unspecified atom stereocenters. The summed E-state index contributed by atoms with van der Waals surface area (Å²) in [6, 6.07) is 0. The molecule has 19 heavy (non-hydrogen) atoms. The monoisotopic (exact) mass is 263 g/mol. The second-order valence-corrected chi connectivity index (χ2v) is 6.07. The van der Waals surface area contributed by atoms with Crippen LogP contribution in [0.4, 0.5) is 5.82 Å². The van der Waals surface area contributed by atoms with Gasteiger partial charge in [0.1, 0.15) is 5.56 Å². The molecule has 2 heterocycles. The topological polar surface area (TPSA) is 66.3 Å². The van der Waals surface area contributed by atoms with E-state index in [1.54, 1.807) is 13.8 Å². The summed E-state index contributed by atoms with van der Waals surface area (Å²) in [6.07, 6.45) is 2.08. The molecule has 0 amide bonds. The van der Waals surface area contributed by atoms with E-state index < -0.39 is 5.97 Å². The van der Waals surface area contributed by atoms with Crippen molar-refractivity contribution in [1.29, 1.82) is 0 Å². The predicted molar refractivity (Wildman–Crippen MR) is 73.7 cm³/mol. The molecule has 1 aliphatic heterocycles. The van der Waals surface area contributed by atoms with Gasteiger partial charge >= 0.3 is 5.97 Å². The minimum Gasteiger partial charge on any atom is -0.478 e. The van der Waals surface area contributed by atoms with Gasteiger partial charge < -0.3 is 10.0 Å². The van der Waals surface area contributed by atoms with Gasteiger partial charge in [-0.2, -0.15) is 5.10 Å². The summed E-state index contributed by atoms with van der Waals surface area (Å²) in [4.78, 5) is 13.5. The van der Waals surface area contributed by atoms with Gasteiger partial charge in [-0.25, -0.2) is 4.79 Å². The molecule has 2 rings (SSSR count). The zero-order valence-electron chi connectivity index (χ0n) is 12.0. The van der Waals surface area contributed by atoms with Crippen LogP contribution in [0, 0.1) is 19.3 Å². The van der Waals surface area contributed by atoms with E-state index in [0.717, 1.165) is 25.9 Å². The number of carboxylic acid groups (broad SMARTS) is 1. The van der Waals surface area contributed by atoms with Gasteiger partial charge in [-0.15, -0.1) is 5.10 Å². The molecule has 104 valence electrons. The second kappa shape index (κ2) is 4.79. The van der Waals surface area contributed by atoms with Crippen molar-refractivity contribution in [3.05, 3.63) is 16.8 Å². The van der Waals surface area contributed by atoms with E-state index in [9.17, 15) is 9.90 Å². The van der Waals surface area contributed by atoms with Crippen molar-refractivity contribution in [1.82, 2.24) is 10.2 Å². The number of carbonyl (C=O) groups is 1. The highest BCUT2D eigenvalue weighted by atomic mass is 16.4. The molecule has 1 aliphatic rings. The zero-order chi connectivity index (χ0) is 14.2. The highest BCUT2D eigenvalue weighted by Crippen LogP contribution is 2.33. The number of nitrogens with zero attached hydrogens (tertiary/aromatic N) is 3. The lowest BCUT2D eigenvalue weighted by Crippen LogP contribution is -2.39. The predicted octanol–water partition coefficient (Wildman–Crippen LogP) is 2.42. The first kappa shape index (κ1) is 13.8. The Morgan fingerprint density at radius 3 is 2.32 bits per heavy atom. The summed E-state index contributed by atoms with van der Waals surface area (Å²) in [5.41, 5.74) is 2.01. The molecule has 1 aromatic rings. The van der Waals surface area contributed by atoms with Crippen molar-refractivity contribution in [3.8, 4) is 0 Å². The largest absolute Gasteiger partial charge is 0.478 e. The van der Waals surface area contributed by atoms with E-state index in [1.807, 2.05) is 4.90 Å². The van der Waals surface area contributed by atoms with Crippen LogP contribution in [0.3, 0.4) is 0 Å². The number of anilines is 1. The number of hydrogen-bond donors (Lipinski definition) is 1. The van der Waals surface area contributed by atoms with E-state index in [1.165, 1.54) is 0 Å². The zero-order valence-corrected chi connectivity index (χ0v) is 12.0. The lowest BCUT2D eigenvalue weighted by molar-refractivity contribution is 0.0696. The summed E-state index contributed by atoms with van der Waals surface area (Å²) < 4.78 is 0. The van der Waals surface area contributed by atoms with Crippen LogP contribution in [0.25, 0.3) is 0 Å². The van der Waals surface area contributed by atoms with Crippen molar-refractivity contribution >= 4 is 11.8 Å². The molecule has 0 aliphatic carbocycles. The molecule has 0 aromatic carbocycles. The summed E-state index contributed by atoms with van der Waals surface area (Å²) in [6.45, 7) is 9.75. The Balaban J connectivity index is 2.36. The van der Waals surface area contributed by atoms with Gasteiger partial charge in [0.15, 0.2) is 5.82 Å². The lowest BCUT2D eigenvalue weighted by Gasteiger charge is -2.37. The van der Waals surface area contributed by atoms with Gasteiger partial charge in [0, 0.05) is 13.1 Å². The summed E-state index contributed by atoms with van der Waals surface area (Å²) >= 11 is 0. The van der Waals surface area contributed by atoms with Crippen LogP contribution in [0.15, 0.2) is 0 Å². The molecular formula is C14H21N3O2. The highest BCUT2D eigenvalue weighted by molar-refractivity contribution is 5.95. The van der Waals surface area contributed by atoms with Crippen molar-refractivity contribution < 1.29 is 9.90 Å².